The fourth-order valence-electron chi connectivity index (χ4n) is 3.25. The number of carbonyl (C=O) groups is 1. The molecule has 0 N–H and O–H groups in total. The van der Waals surface area contributed by atoms with Crippen LogP contribution in [0.4, 0.5) is 5.69 Å². The third-order valence-electron chi connectivity index (χ3n) is 4.93. The van der Waals surface area contributed by atoms with Crippen LogP contribution in [0.2, 0.25) is 5.02 Å². The Kier molecular flexibility index (Phi) is 7.67. The molecule has 0 saturated heterocycles. The van der Waals surface area contributed by atoms with Gasteiger partial charge in [-0.05, 0) is 65.4 Å². The van der Waals surface area contributed by atoms with Gasteiger partial charge in [0.1, 0.15) is 6.61 Å². The van der Waals surface area contributed by atoms with Gasteiger partial charge in [0.2, 0.25) is 5.90 Å². The number of halogens is 2. The molecule has 3 aromatic carbocycles. The Labute approximate surface area is 219 Å². The first-order chi connectivity index (χ1) is 16.9. The molecular formula is C25H18ClIN2O6. The molecule has 0 bridgehead atoms. The van der Waals surface area contributed by atoms with Gasteiger partial charge in [-0.3, -0.25) is 10.1 Å². The van der Waals surface area contributed by atoms with Gasteiger partial charge in [-0.2, -0.15) is 0 Å². The van der Waals surface area contributed by atoms with Gasteiger partial charge in [0.25, 0.3) is 5.69 Å². The number of nitro benzene ring substituents is 1. The average molecular weight is 605 g/mol. The normalized spacial score (nSPS) is 14.0. The van der Waals surface area contributed by atoms with E-state index in [1.807, 2.05) is 31.2 Å². The summed E-state index contributed by atoms with van der Waals surface area (Å²) in [6, 6.07) is 17.1. The van der Waals surface area contributed by atoms with Crippen molar-refractivity contribution in [2.45, 2.75) is 13.5 Å². The highest BCUT2D eigenvalue weighted by atomic mass is 127. The molecule has 8 nitrogen and oxygen atoms in total. The van der Waals surface area contributed by atoms with Crippen LogP contribution in [-0.4, -0.2) is 23.4 Å². The van der Waals surface area contributed by atoms with Crippen LogP contribution < -0.4 is 9.47 Å². The smallest absolute Gasteiger partial charge is 0.363 e. The van der Waals surface area contributed by atoms with Crippen LogP contribution in [0.1, 0.15) is 23.6 Å². The summed E-state index contributed by atoms with van der Waals surface area (Å²) in [6.45, 7) is 2.69. The lowest BCUT2D eigenvalue weighted by atomic mass is 10.1. The van der Waals surface area contributed by atoms with E-state index in [9.17, 15) is 14.9 Å². The van der Waals surface area contributed by atoms with Gasteiger partial charge in [-0.1, -0.05) is 35.9 Å². The van der Waals surface area contributed by atoms with E-state index in [-0.39, 0.29) is 27.9 Å². The fourth-order valence-corrected chi connectivity index (χ4v) is 4.04. The van der Waals surface area contributed by atoms with Crippen molar-refractivity contribution in [1.29, 1.82) is 0 Å². The van der Waals surface area contributed by atoms with Gasteiger partial charge in [0.05, 0.1) is 22.1 Å². The number of hydrogen-bond donors (Lipinski definition) is 0. The number of hydrogen-bond acceptors (Lipinski definition) is 7. The third kappa shape index (κ3) is 5.80. The van der Waals surface area contributed by atoms with Gasteiger partial charge >= 0.3 is 5.97 Å². The standard InChI is InChI=1S/C25H18ClIN2O6/c1-2-33-23-12-15(7-10-22(23)34-14-16-5-3-4-6-20(16)27)11-21-25(30)35-24(28-21)18-9-8-17(29(31)32)13-19(18)26/h3-13H,2,14H2,1H3/b21-11-. The summed E-state index contributed by atoms with van der Waals surface area (Å²) in [7, 11) is 0. The molecule has 0 atom stereocenters. The van der Waals surface area contributed by atoms with E-state index in [0.29, 0.717) is 30.3 Å². The largest absolute Gasteiger partial charge is 0.490 e. The molecule has 1 aliphatic heterocycles. The maximum atomic E-state index is 12.4. The van der Waals surface area contributed by atoms with Crippen LogP contribution in [0.15, 0.2) is 71.4 Å². The molecule has 0 spiro atoms. The number of nitro groups is 1. The van der Waals surface area contributed by atoms with Gasteiger partial charge in [-0.15, -0.1) is 0 Å². The van der Waals surface area contributed by atoms with Crippen molar-refractivity contribution in [3.8, 4) is 11.5 Å². The van der Waals surface area contributed by atoms with Crippen LogP contribution in [0.5, 0.6) is 11.5 Å². The van der Waals surface area contributed by atoms with Gasteiger partial charge in [-0.25, -0.2) is 9.79 Å². The predicted molar refractivity (Wildman–Crippen MR) is 140 cm³/mol. The molecule has 10 heteroatoms. The maximum Gasteiger partial charge on any atom is 0.363 e. The highest BCUT2D eigenvalue weighted by molar-refractivity contribution is 14.1. The lowest BCUT2D eigenvalue weighted by Gasteiger charge is -2.13. The Morgan fingerprint density at radius 2 is 1.91 bits per heavy atom. The van der Waals surface area contributed by atoms with Gasteiger partial charge < -0.3 is 14.2 Å². The van der Waals surface area contributed by atoms with Crippen LogP contribution >= 0.6 is 34.2 Å². The zero-order valence-corrected chi connectivity index (χ0v) is 21.3. The highest BCUT2D eigenvalue weighted by Crippen LogP contribution is 2.32. The van der Waals surface area contributed by atoms with E-state index in [4.69, 9.17) is 25.8 Å². The molecule has 3 aromatic rings. The molecule has 0 amide bonds. The van der Waals surface area contributed by atoms with E-state index >= 15 is 0 Å². The minimum absolute atomic E-state index is 0.0244. The summed E-state index contributed by atoms with van der Waals surface area (Å²) in [4.78, 5) is 27.0. The molecule has 1 aliphatic rings. The second kappa shape index (κ2) is 10.9. The number of non-ortho nitro benzene ring substituents is 1. The van der Waals surface area contributed by atoms with Crippen molar-refractivity contribution in [3.05, 3.63) is 102 Å². The molecule has 0 radical (unpaired) electrons. The molecule has 1 heterocycles. The Morgan fingerprint density at radius 1 is 1.11 bits per heavy atom. The van der Waals surface area contributed by atoms with Gasteiger partial charge in [0, 0.05) is 21.3 Å². The summed E-state index contributed by atoms with van der Waals surface area (Å²) < 4.78 is 18.1. The third-order valence-corrected chi connectivity index (χ3v) is 6.29. The zero-order chi connectivity index (χ0) is 24.9. The molecule has 0 fully saturated rings. The summed E-state index contributed by atoms with van der Waals surface area (Å²) in [5.74, 6) is 0.418. The Bertz CT molecular complexity index is 1370. The minimum Gasteiger partial charge on any atom is -0.490 e. The van der Waals surface area contributed by atoms with Crippen molar-refractivity contribution < 1.29 is 23.9 Å². The molecule has 0 saturated carbocycles. The van der Waals surface area contributed by atoms with Crippen molar-refractivity contribution >= 4 is 57.8 Å². The van der Waals surface area contributed by atoms with E-state index in [1.54, 1.807) is 24.3 Å². The van der Waals surface area contributed by atoms with Crippen LogP contribution in [0.25, 0.3) is 6.08 Å². The average Bonchev–Trinajstić information content (AvgIpc) is 3.19. The topological polar surface area (TPSA) is 100 Å². The Balaban J connectivity index is 1.58. The number of carbonyl (C=O) groups excluding carboxylic acids is 1. The number of benzene rings is 3. The van der Waals surface area contributed by atoms with Gasteiger partial charge in [0.15, 0.2) is 17.2 Å². The second-order valence-corrected chi connectivity index (χ2v) is 8.85. The number of ether oxygens (including phenoxy) is 3. The number of nitrogens with zero attached hydrogens (tertiary/aromatic N) is 2. The Morgan fingerprint density at radius 3 is 2.63 bits per heavy atom. The quantitative estimate of drug-likeness (QED) is 0.100. The van der Waals surface area contributed by atoms with E-state index in [0.717, 1.165) is 9.13 Å². The second-order valence-electron chi connectivity index (χ2n) is 7.28. The first-order valence-electron chi connectivity index (χ1n) is 10.5. The molecular weight excluding hydrogens is 587 g/mol. The molecule has 35 heavy (non-hydrogen) atoms. The highest BCUT2D eigenvalue weighted by Gasteiger charge is 2.26. The first kappa shape index (κ1) is 24.7. The lowest BCUT2D eigenvalue weighted by molar-refractivity contribution is -0.384. The summed E-state index contributed by atoms with van der Waals surface area (Å²) in [5, 5.41) is 11.0. The van der Waals surface area contributed by atoms with Crippen LogP contribution in [0.3, 0.4) is 0 Å². The van der Waals surface area contributed by atoms with E-state index in [2.05, 4.69) is 27.6 Å². The maximum absolute atomic E-state index is 12.4. The van der Waals surface area contributed by atoms with Crippen molar-refractivity contribution in [1.82, 2.24) is 0 Å². The number of cyclic esters (lactones) is 1. The SMILES string of the molecule is CCOc1cc(/C=C2\N=C(c3ccc([N+](=O)[O-])cc3Cl)OC2=O)ccc1OCc1ccccc1I. The molecule has 4 rings (SSSR count). The van der Waals surface area contributed by atoms with Crippen LogP contribution in [0, 0.1) is 13.7 Å². The summed E-state index contributed by atoms with van der Waals surface area (Å²) >= 11 is 8.40. The summed E-state index contributed by atoms with van der Waals surface area (Å²) in [5.41, 5.74) is 1.88. The Hall–Kier alpha value is -3.44. The predicted octanol–water partition coefficient (Wildman–Crippen LogP) is 6.18. The molecule has 0 unspecified atom stereocenters. The number of aliphatic imine (C=N–C) groups is 1. The van der Waals surface area contributed by atoms with Crippen molar-refractivity contribution in [2.75, 3.05) is 6.61 Å². The monoisotopic (exact) mass is 604 g/mol. The summed E-state index contributed by atoms with van der Waals surface area (Å²) in [6.07, 6.45) is 1.56. The van der Waals surface area contributed by atoms with E-state index < -0.39 is 10.9 Å². The first-order valence-corrected chi connectivity index (χ1v) is 11.9. The molecule has 178 valence electrons. The van der Waals surface area contributed by atoms with Crippen molar-refractivity contribution in [3.63, 3.8) is 0 Å². The van der Waals surface area contributed by atoms with Crippen molar-refractivity contribution in [2.24, 2.45) is 4.99 Å². The van der Waals surface area contributed by atoms with Crippen LogP contribution in [-0.2, 0) is 16.1 Å². The minimum atomic E-state index is -0.661. The lowest BCUT2D eigenvalue weighted by Crippen LogP contribution is -2.06. The molecule has 0 aliphatic carbocycles. The number of esters is 1. The molecule has 0 aromatic heterocycles. The fraction of sp³-hybridized carbons (Fsp3) is 0.120. The number of rotatable bonds is 8. The van der Waals surface area contributed by atoms with E-state index in [1.165, 1.54) is 18.2 Å². The zero-order valence-electron chi connectivity index (χ0n) is 18.4.